The first kappa shape index (κ1) is 17.1. The van der Waals surface area contributed by atoms with Gasteiger partial charge in [0.1, 0.15) is 6.54 Å². The average molecular weight is 375 g/mol. The van der Waals surface area contributed by atoms with Crippen LogP contribution in [0.25, 0.3) is 10.8 Å². The molecule has 0 fully saturated rings. The van der Waals surface area contributed by atoms with Crippen molar-refractivity contribution in [3.8, 4) is 11.5 Å². The monoisotopic (exact) mass is 375 g/mol. The molecule has 2 heterocycles. The van der Waals surface area contributed by atoms with Crippen molar-refractivity contribution in [2.75, 3.05) is 32.3 Å². The first-order valence-electron chi connectivity index (χ1n) is 9.60. The number of ether oxygens (including phenoxy) is 2. The number of benzene rings is 3. The Morgan fingerprint density at radius 1 is 1.00 bits per heavy atom. The van der Waals surface area contributed by atoms with Gasteiger partial charge in [0.15, 0.2) is 18.2 Å². The Labute approximate surface area is 164 Å². The molecule has 5 rings (SSSR count). The maximum absolute atomic E-state index is 13.1. The van der Waals surface area contributed by atoms with Crippen molar-refractivity contribution in [3.63, 3.8) is 0 Å². The lowest BCUT2D eigenvalue weighted by Gasteiger charge is -2.30. The molecule has 1 N–H and O–H groups in total. The Morgan fingerprint density at radius 2 is 1.71 bits per heavy atom. The predicted molar refractivity (Wildman–Crippen MR) is 108 cm³/mol. The summed E-state index contributed by atoms with van der Waals surface area (Å²) in [6, 6.07) is 16.3. The topological polar surface area (TPSA) is 43.2 Å². The summed E-state index contributed by atoms with van der Waals surface area (Å²) in [5.74, 6) is 1.65. The van der Waals surface area contributed by atoms with E-state index in [0.29, 0.717) is 6.67 Å². The van der Waals surface area contributed by atoms with Gasteiger partial charge in [-0.1, -0.05) is 24.3 Å². The largest absolute Gasteiger partial charge is 0.493 e. The number of hydrogen-bond acceptors (Lipinski definition) is 3. The number of quaternary nitrogens is 1. The lowest BCUT2D eigenvalue weighted by molar-refractivity contribution is -0.914. The van der Waals surface area contributed by atoms with Crippen molar-refractivity contribution in [2.45, 2.75) is 13.0 Å². The average Bonchev–Trinajstić information content (AvgIpc) is 3.00. The van der Waals surface area contributed by atoms with Crippen LogP contribution in [0, 0.1) is 0 Å². The van der Waals surface area contributed by atoms with Gasteiger partial charge < -0.3 is 14.4 Å². The van der Waals surface area contributed by atoms with Crippen LogP contribution in [-0.2, 0) is 13.0 Å². The second-order valence-electron chi connectivity index (χ2n) is 7.47. The van der Waals surface area contributed by atoms with Crippen LogP contribution < -0.4 is 19.3 Å². The van der Waals surface area contributed by atoms with Gasteiger partial charge in [0.25, 0.3) is 5.91 Å². The quantitative estimate of drug-likeness (QED) is 0.762. The highest BCUT2D eigenvalue weighted by Crippen LogP contribution is 2.36. The molecule has 0 bridgehead atoms. The molecular formula is C23H23N2O3+. The second kappa shape index (κ2) is 6.53. The Balaban J connectivity index is 1.43. The van der Waals surface area contributed by atoms with Gasteiger partial charge in [0, 0.05) is 17.4 Å². The number of amides is 1. The minimum Gasteiger partial charge on any atom is -0.493 e. The number of rotatable bonds is 4. The molecule has 28 heavy (non-hydrogen) atoms. The number of anilines is 1. The van der Waals surface area contributed by atoms with Crippen LogP contribution in [-0.4, -0.2) is 33.3 Å². The van der Waals surface area contributed by atoms with Crippen LogP contribution in [0.4, 0.5) is 5.69 Å². The molecule has 2 aliphatic heterocycles. The number of fused-ring (bicyclic) bond motifs is 1. The predicted octanol–water partition coefficient (Wildman–Crippen LogP) is 2.42. The van der Waals surface area contributed by atoms with Crippen molar-refractivity contribution in [1.82, 2.24) is 0 Å². The number of carbonyl (C=O) groups is 1. The zero-order valence-electron chi connectivity index (χ0n) is 16.1. The molecule has 0 radical (unpaired) electrons. The summed E-state index contributed by atoms with van der Waals surface area (Å²) in [5, 5.41) is 2.21. The van der Waals surface area contributed by atoms with Crippen LogP contribution in [0.2, 0.25) is 0 Å². The zero-order chi connectivity index (χ0) is 19.3. The molecule has 0 saturated heterocycles. The van der Waals surface area contributed by atoms with Gasteiger partial charge in [0.05, 0.1) is 32.0 Å². The van der Waals surface area contributed by atoms with Crippen molar-refractivity contribution < 1.29 is 19.2 Å². The van der Waals surface area contributed by atoms with Crippen LogP contribution in [0.3, 0.4) is 0 Å². The summed E-state index contributed by atoms with van der Waals surface area (Å²) < 4.78 is 10.9. The van der Waals surface area contributed by atoms with Gasteiger partial charge in [-0.05, 0) is 35.2 Å². The normalized spacial score (nSPS) is 17.7. The zero-order valence-corrected chi connectivity index (χ0v) is 16.1. The van der Waals surface area contributed by atoms with E-state index < -0.39 is 0 Å². The van der Waals surface area contributed by atoms with Crippen molar-refractivity contribution in [1.29, 1.82) is 0 Å². The summed E-state index contributed by atoms with van der Waals surface area (Å²) in [5.41, 5.74) is 4.42. The van der Waals surface area contributed by atoms with Crippen molar-refractivity contribution in [2.24, 2.45) is 0 Å². The van der Waals surface area contributed by atoms with Crippen LogP contribution in [0.15, 0.2) is 48.5 Å². The van der Waals surface area contributed by atoms with Gasteiger partial charge in [-0.3, -0.25) is 9.69 Å². The molecule has 3 aromatic rings. The Hall–Kier alpha value is -3.05. The van der Waals surface area contributed by atoms with E-state index in [-0.39, 0.29) is 5.91 Å². The molecule has 5 nitrogen and oxygen atoms in total. The molecule has 1 atom stereocenters. The maximum atomic E-state index is 13.1. The Bertz CT molecular complexity index is 1090. The van der Waals surface area contributed by atoms with Gasteiger partial charge >= 0.3 is 0 Å². The van der Waals surface area contributed by atoms with E-state index in [1.54, 1.807) is 14.2 Å². The fourth-order valence-electron chi connectivity index (χ4n) is 4.52. The summed E-state index contributed by atoms with van der Waals surface area (Å²) in [7, 11) is 3.33. The Kier molecular flexibility index (Phi) is 3.98. The minimum atomic E-state index is 0.109. The van der Waals surface area contributed by atoms with E-state index in [2.05, 4.69) is 30.3 Å². The number of nitrogens with one attached hydrogen (secondary N) is 1. The molecular weight excluding hydrogens is 352 g/mol. The van der Waals surface area contributed by atoms with Gasteiger partial charge in [0.2, 0.25) is 0 Å². The molecule has 0 saturated carbocycles. The molecule has 2 aliphatic rings. The van der Waals surface area contributed by atoms with Crippen molar-refractivity contribution in [3.05, 3.63) is 65.2 Å². The van der Waals surface area contributed by atoms with Crippen LogP contribution >= 0.6 is 0 Å². The molecule has 1 amide bonds. The fraction of sp³-hybridized carbons (Fsp3) is 0.261. The maximum Gasteiger partial charge on any atom is 0.263 e. The number of nitrogens with zero attached hydrogens (tertiary/aromatic N) is 1. The highest BCUT2D eigenvalue weighted by atomic mass is 16.5. The molecule has 0 aromatic heterocycles. The van der Waals surface area contributed by atoms with Crippen LogP contribution in [0.1, 0.15) is 21.5 Å². The molecule has 5 heteroatoms. The van der Waals surface area contributed by atoms with E-state index in [4.69, 9.17) is 9.47 Å². The highest BCUT2D eigenvalue weighted by Gasteiger charge is 2.33. The third-order valence-corrected chi connectivity index (χ3v) is 5.92. The van der Waals surface area contributed by atoms with E-state index in [1.165, 1.54) is 16.0 Å². The summed E-state index contributed by atoms with van der Waals surface area (Å²) in [6.07, 6.45) is 0.963. The summed E-state index contributed by atoms with van der Waals surface area (Å²) >= 11 is 0. The van der Waals surface area contributed by atoms with Gasteiger partial charge in [-0.2, -0.15) is 0 Å². The second-order valence-corrected chi connectivity index (χ2v) is 7.47. The molecule has 0 spiro atoms. The van der Waals surface area contributed by atoms with E-state index in [0.717, 1.165) is 53.0 Å². The molecule has 1 unspecified atom stereocenters. The first-order valence-corrected chi connectivity index (χ1v) is 9.60. The van der Waals surface area contributed by atoms with E-state index >= 15 is 0 Å². The standard InChI is InChI=1S/C23H22N2O3/c1-27-20-11-16-9-10-24(13-17(16)12-21(20)28-2)14-25-19-8-4-6-15-5-3-7-18(22(15)19)23(25)26/h3-8,11-12H,9-10,13-14H2,1-2H3/p+1. The van der Waals surface area contributed by atoms with Crippen molar-refractivity contribution >= 4 is 22.4 Å². The van der Waals surface area contributed by atoms with Crippen LogP contribution in [0.5, 0.6) is 11.5 Å². The third kappa shape index (κ3) is 2.54. The number of methoxy groups -OCH3 is 2. The number of hydrogen-bond donors (Lipinski definition) is 1. The SMILES string of the molecule is COc1cc2c(cc1OC)C[NH+](CN1C(=O)c3cccc4cccc1c34)CC2. The lowest BCUT2D eigenvalue weighted by Crippen LogP contribution is -3.13. The molecule has 0 aliphatic carbocycles. The number of carbonyl (C=O) groups excluding carboxylic acids is 1. The van der Waals surface area contributed by atoms with Gasteiger partial charge in [-0.15, -0.1) is 0 Å². The Morgan fingerprint density at radius 3 is 2.46 bits per heavy atom. The smallest absolute Gasteiger partial charge is 0.263 e. The summed E-state index contributed by atoms with van der Waals surface area (Å²) in [4.78, 5) is 16.4. The minimum absolute atomic E-state index is 0.109. The lowest BCUT2D eigenvalue weighted by atomic mass is 9.99. The molecule has 3 aromatic carbocycles. The van der Waals surface area contributed by atoms with Gasteiger partial charge in [-0.25, -0.2) is 0 Å². The first-order chi connectivity index (χ1) is 13.7. The molecule has 142 valence electrons. The summed E-state index contributed by atoms with van der Waals surface area (Å²) in [6.45, 7) is 2.52. The van der Waals surface area contributed by atoms with E-state index in [9.17, 15) is 4.79 Å². The van der Waals surface area contributed by atoms with E-state index in [1.807, 2.05) is 23.1 Å². The fourth-order valence-corrected chi connectivity index (χ4v) is 4.52. The third-order valence-electron chi connectivity index (χ3n) is 5.92. The highest BCUT2D eigenvalue weighted by molar-refractivity contribution is 6.24.